The third kappa shape index (κ3) is 8.04. The molecule has 2 aliphatic rings. The zero-order chi connectivity index (χ0) is 23.4. The van der Waals surface area contributed by atoms with E-state index in [1.165, 1.54) is 55.2 Å². The van der Waals surface area contributed by atoms with Crippen molar-refractivity contribution < 1.29 is 19.4 Å². The zero-order valence-corrected chi connectivity index (χ0v) is 20.2. The Morgan fingerprint density at radius 3 is 2.58 bits per heavy atom. The molecular formula is C26H41NO4. The van der Waals surface area contributed by atoms with Gasteiger partial charge in [-0.1, -0.05) is 57.4 Å². The Labute approximate surface area is 188 Å². The molecule has 5 nitrogen and oxygen atoms in total. The van der Waals surface area contributed by atoms with Gasteiger partial charge in [-0.2, -0.15) is 0 Å². The molecule has 3 rings (SSSR count). The number of unbranched alkanes of at least 4 members (excludes halogenated alkanes) is 2. The number of carboxylic acids is 1. The lowest BCUT2D eigenvalue weighted by molar-refractivity contribution is -0.136. The summed E-state index contributed by atoms with van der Waals surface area (Å²) in [5, 5.41) is 9.79. The second-order valence-corrected chi connectivity index (χ2v) is 8.61. The molecule has 2 unspecified atom stereocenters. The van der Waals surface area contributed by atoms with Gasteiger partial charge < -0.3 is 15.2 Å². The summed E-state index contributed by atoms with van der Waals surface area (Å²) in [5.74, 6) is 1.24. The number of carbonyl (C=O) groups excluding carboxylic acids is 1. The van der Waals surface area contributed by atoms with Crippen molar-refractivity contribution in [2.75, 3.05) is 6.54 Å². The molecule has 1 aromatic rings. The highest BCUT2D eigenvalue weighted by Crippen LogP contribution is 2.50. The van der Waals surface area contributed by atoms with Crippen LogP contribution in [0.4, 0.5) is 0 Å². The highest BCUT2D eigenvalue weighted by Gasteiger charge is 2.43. The molecule has 0 fully saturated rings. The SMILES string of the molecule is CC.CCCCCc1ccc2c(c1)OC(C)(C)C1CCC(C)=CC21.O=CNCC(=O)O. The molecule has 2 N–H and O–H groups in total. The molecule has 5 heteroatoms. The van der Waals surface area contributed by atoms with Crippen molar-refractivity contribution in [1.29, 1.82) is 0 Å². The van der Waals surface area contributed by atoms with E-state index in [1.54, 1.807) is 0 Å². The monoisotopic (exact) mass is 431 g/mol. The van der Waals surface area contributed by atoms with Crippen molar-refractivity contribution in [3.05, 3.63) is 41.0 Å². The molecule has 1 amide bonds. The number of amides is 1. The van der Waals surface area contributed by atoms with Crippen LogP contribution in [-0.4, -0.2) is 29.6 Å². The maximum absolute atomic E-state index is 9.54. The molecular weight excluding hydrogens is 390 g/mol. The number of allylic oxidation sites excluding steroid dienone is 2. The average Bonchev–Trinajstić information content (AvgIpc) is 2.73. The Hall–Kier alpha value is -2.30. The first-order valence-corrected chi connectivity index (χ1v) is 11.7. The lowest BCUT2D eigenvalue weighted by Crippen LogP contribution is -2.45. The molecule has 1 aliphatic heterocycles. The molecule has 0 bridgehead atoms. The zero-order valence-electron chi connectivity index (χ0n) is 20.2. The summed E-state index contributed by atoms with van der Waals surface area (Å²) < 4.78 is 6.44. The topological polar surface area (TPSA) is 75.6 Å². The molecule has 0 aromatic heterocycles. The number of fused-ring (bicyclic) bond motifs is 3. The molecule has 1 aliphatic carbocycles. The van der Waals surface area contributed by atoms with Gasteiger partial charge in [0.05, 0.1) is 0 Å². The number of ether oxygens (including phenoxy) is 1. The number of rotatable bonds is 7. The van der Waals surface area contributed by atoms with E-state index in [2.05, 4.69) is 52.0 Å². The summed E-state index contributed by atoms with van der Waals surface area (Å²) in [5.41, 5.74) is 4.31. The van der Waals surface area contributed by atoms with Gasteiger partial charge in [0.15, 0.2) is 0 Å². The van der Waals surface area contributed by atoms with Gasteiger partial charge in [-0.25, -0.2) is 0 Å². The Balaban J connectivity index is 0.000000457. The standard InChI is InChI=1S/C21H30O.C3H5NO3.C2H6/c1-5-6-7-8-16-10-11-17-18-13-15(2)9-12-19(18)21(3,4)22-20(17)14-16;5-2-4-1-3(6)7;1-2/h10-11,13-14,18-19H,5-9,12H2,1-4H3;2H,1H2,(H,4,5)(H,6,7);1-2H3. The minimum atomic E-state index is -1.04. The maximum Gasteiger partial charge on any atom is 0.322 e. The molecule has 0 radical (unpaired) electrons. The van der Waals surface area contributed by atoms with Crippen molar-refractivity contribution in [2.24, 2.45) is 5.92 Å². The van der Waals surface area contributed by atoms with Crippen LogP contribution in [0.2, 0.25) is 0 Å². The number of hydrogen-bond donors (Lipinski definition) is 2. The van der Waals surface area contributed by atoms with E-state index in [9.17, 15) is 9.59 Å². The number of aryl methyl sites for hydroxylation is 1. The van der Waals surface area contributed by atoms with Crippen LogP contribution in [-0.2, 0) is 16.0 Å². The van der Waals surface area contributed by atoms with E-state index < -0.39 is 5.97 Å². The van der Waals surface area contributed by atoms with E-state index in [4.69, 9.17) is 9.84 Å². The first-order chi connectivity index (χ1) is 14.8. The minimum absolute atomic E-state index is 0.0586. The van der Waals surface area contributed by atoms with Crippen LogP contribution < -0.4 is 10.1 Å². The van der Waals surface area contributed by atoms with Crippen LogP contribution in [0.25, 0.3) is 0 Å². The number of aliphatic carboxylic acids is 1. The van der Waals surface area contributed by atoms with Crippen molar-refractivity contribution in [3.63, 3.8) is 0 Å². The highest BCUT2D eigenvalue weighted by molar-refractivity contribution is 5.71. The number of carbonyl (C=O) groups is 2. The number of nitrogens with one attached hydrogen (secondary N) is 1. The second kappa shape index (κ2) is 13.2. The Morgan fingerprint density at radius 1 is 1.29 bits per heavy atom. The molecule has 0 saturated carbocycles. The third-order valence-electron chi connectivity index (χ3n) is 5.86. The molecule has 174 valence electrons. The first-order valence-electron chi connectivity index (χ1n) is 11.7. The summed E-state index contributed by atoms with van der Waals surface area (Å²) in [6.45, 7) is 12.8. The van der Waals surface area contributed by atoms with E-state index in [0.29, 0.717) is 18.2 Å². The fourth-order valence-electron chi connectivity index (χ4n) is 4.32. The minimum Gasteiger partial charge on any atom is -0.487 e. The quantitative estimate of drug-likeness (QED) is 0.321. The molecule has 1 heterocycles. The summed E-state index contributed by atoms with van der Waals surface area (Å²) in [7, 11) is 0. The summed E-state index contributed by atoms with van der Waals surface area (Å²) in [6.07, 6.45) is 10.4. The normalized spacial score (nSPS) is 20.1. The Bertz CT molecular complexity index is 739. The van der Waals surface area contributed by atoms with Crippen molar-refractivity contribution in [1.82, 2.24) is 5.32 Å². The van der Waals surface area contributed by atoms with Gasteiger partial charge in [-0.15, -0.1) is 0 Å². The molecule has 0 saturated heterocycles. The number of hydrogen-bond acceptors (Lipinski definition) is 3. The van der Waals surface area contributed by atoms with Crippen LogP contribution in [0.3, 0.4) is 0 Å². The van der Waals surface area contributed by atoms with E-state index >= 15 is 0 Å². The lowest BCUT2D eigenvalue weighted by atomic mass is 9.68. The second-order valence-electron chi connectivity index (χ2n) is 8.61. The number of benzene rings is 1. The summed E-state index contributed by atoms with van der Waals surface area (Å²) in [6, 6.07) is 6.96. The van der Waals surface area contributed by atoms with Crippen molar-refractivity contribution in [3.8, 4) is 5.75 Å². The van der Waals surface area contributed by atoms with Crippen molar-refractivity contribution >= 4 is 12.4 Å². The highest BCUT2D eigenvalue weighted by atomic mass is 16.5. The Morgan fingerprint density at radius 2 is 2.00 bits per heavy atom. The van der Waals surface area contributed by atoms with Gasteiger partial charge in [0.25, 0.3) is 0 Å². The van der Waals surface area contributed by atoms with Crippen LogP contribution in [0.5, 0.6) is 5.75 Å². The summed E-state index contributed by atoms with van der Waals surface area (Å²) in [4.78, 5) is 18.9. The van der Waals surface area contributed by atoms with Crippen LogP contribution in [0, 0.1) is 5.92 Å². The molecule has 0 spiro atoms. The maximum atomic E-state index is 9.54. The third-order valence-corrected chi connectivity index (χ3v) is 5.86. The van der Waals surface area contributed by atoms with Gasteiger partial charge in [0.2, 0.25) is 6.41 Å². The van der Waals surface area contributed by atoms with Gasteiger partial charge >= 0.3 is 5.97 Å². The van der Waals surface area contributed by atoms with Gasteiger partial charge in [0.1, 0.15) is 17.9 Å². The van der Waals surface area contributed by atoms with Crippen molar-refractivity contribution in [2.45, 2.75) is 91.6 Å². The smallest absolute Gasteiger partial charge is 0.322 e. The van der Waals surface area contributed by atoms with E-state index in [1.807, 2.05) is 19.2 Å². The Kier molecular flexibility index (Phi) is 11.4. The first kappa shape index (κ1) is 26.7. The van der Waals surface area contributed by atoms with Gasteiger partial charge in [-0.05, 0) is 58.1 Å². The van der Waals surface area contributed by atoms with Crippen LogP contribution in [0.1, 0.15) is 90.7 Å². The predicted octanol–water partition coefficient (Wildman–Crippen LogP) is 5.87. The van der Waals surface area contributed by atoms with Gasteiger partial charge in [-0.3, -0.25) is 9.59 Å². The largest absolute Gasteiger partial charge is 0.487 e. The van der Waals surface area contributed by atoms with Crippen LogP contribution >= 0.6 is 0 Å². The average molecular weight is 432 g/mol. The molecule has 2 atom stereocenters. The molecule has 31 heavy (non-hydrogen) atoms. The summed E-state index contributed by atoms with van der Waals surface area (Å²) >= 11 is 0. The van der Waals surface area contributed by atoms with Gasteiger partial charge in [0, 0.05) is 17.4 Å². The van der Waals surface area contributed by atoms with E-state index in [0.717, 1.165) is 5.75 Å². The predicted molar refractivity (Wildman–Crippen MR) is 127 cm³/mol. The van der Waals surface area contributed by atoms with E-state index in [-0.39, 0.29) is 12.1 Å². The fraction of sp³-hybridized carbons (Fsp3) is 0.615. The fourth-order valence-corrected chi connectivity index (χ4v) is 4.32. The lowest BCUT2D eigenvalue weighted by Gasteiger charge is -2.46. The number of carboxylic acid groups (broad SMARTS) is 1. The molecule has 1 aromatic carbocycles. The van der Waals surface area contributed by atoms with Crippen LogP contribution in [0.15, 0.2) is 29.8 Å².